The van der Waals surface area contributed by atoms with Gasteiger partial charge < -0.3 is 5.32 Å². The summed E-state index contributed by atoms with van der Waals surface area (Å²) in [6.07, 6.45) is 0. The average molecular weight is 525 g/mol. The van der Waals surface area contributed by atoms with Crippen molar-refractivity contribution in [3.05, 3.63) is 115 Å². The van der Waals surface area contributed by atoms with Crippen LogP contribution in [0.15, 0.2) is 78.0 Å². The molecule has 0 aliphatic rings. The average Bonchev–Trinajstić information content (AvgIpc) is 3.29. The van der Waals surface area contributed by atoms with Gasteiger partial charge in [-0.15, -0.1) is 10.2 Å². The molecule has 0 aliphatic heterocycles. The second kappa shape index (κ2) is 11.0. The molecule has 0 unspecified atom stereocenters. The van der Waals surface area contributed by atoms with Crippen molar-refractivity contribution in [3.63, 3.8) is 0 Å². The first-order valence-electron chi connectivity index (χ1n) is 10.4. The molecule has 1 aromatic heterocycles. The minimum atomic E-state index is -0.666. The number of nitro benzene ring substituents is 2. The summed E-state index contributed by atoms with van der Waals surface area (Å²) in [5.74, 6) is 0.412. The van der Waals surface area contributed by atoms with E-state index in [0.29, 0.717) is 22.4 Å². The summed E-state index contributed by atoms with van der Waals surface area (Å²) in [6, 6.07) is 19.4. The maximum Gasteiger partial charge on any atom is 0.288 e. The van der Waals surface area contributed by atoms with Crippen molar-refractivity contribution in [1.29, 1.82) is 0 Å². The number of non-ortho nitro benzene ring substituents is 1. The van der Waals surface area contributed by atoms with E-state index >= 15 is 0 Å². The fourth-order valence-corrected chi connectivity index (χ4v) is 4.38. The summed E-state index contributed by atoms with van der Waals surface area (Å²) in [5.41, 5.74) is 1.26. The van der Waals surface area contributed by atoms with Gasteiger partial charge in [0.1, 0.15) is 5.02 Å². The molecule has 0 saturated carbocycles. The van der Waals surface area contributed by atoms with Crippen molar-refractivity contribution in [1.82, 2.24) is 20.1 Å². The zero-order valence-corrected chi connectivity index (χ0v) is 20.0. The van der Waals surface area contributed by atoms with Crippen LogP contribution >= 0.6 is 23.4 Å². The molecule has 3 aromatic carbocycles. The summed E-state index contributed by atoms with van der Waals surface area (Å²) < 4.78 is 1.70. The Morgan fingerprint density at radius 2 is 1.69 bits per heavy atom. The van der Waals surface area contributed by atoms with Gasteiger partial charge in [0.15, 0.2) is 11.0 Å². The number of thioether (sulfide) groups is 1. The Hall–Kier alpha value is -4.29. The van der Waals surface area contributed by atoms with Crippen molar-refractivity contribution < 1.29 is 14.6 Å². The molecule has 1 N–H and O–H groups in total. The molecular formula is C23H17ClN6O5S. The van der Waals surface area contributed by atoms with Gasteiger partial charge in [-0.05, 0) is 29.8 Å². The molecule has 0 atom stereocenters. The van der Waals surface area contributed by atoms with Crippen molar-refractivity contribution in [2.24, 2.45) is 0 Å². The van der Waals surface area contributed by atoms with Crippen LogP contribution in [-0.2, 0) is 12.3 Å². The molecule has 0 saturated heterocycles. The summed E-state index contributed by atoms with van der Waals surface area (Å²) >= 11 is 7.24. The van der Waals surface area contributed by atoms with Crippen LogP contribution < -0.4 is 5.32 Å². The molecule has 1 amide bonds. The van der Waals surface area contributed by atoms with Crippen molar-refractivity contribution >= 4 is 40.6 Å². The Kier molecular flexibility index (Phi) is 7.56. The lowest BCUT2D eigenvalue weighted by atomic mass is 10.2. The third-order valence-electron chi connectivity index (χ3n) is 5.04. The molecule has 0 radical (unpaired) electrons. The van der Waals surface area contributed by atoms with Gasteiger partial charge in [-0.3, -0.25) is 29.6 Å². The number of hydrogen-bond donors (Lipinski definition) is 1. The SMILES string of the molecule is O=C(NCc1nnc(SCc2ccccc2)n1-c1ccc([N+](=O)[O-])cc1)c1ccc(Cl)c([N+](=O)[O-])c1. The number of benzene rings is 3. The predicted molar refractivity (Wildman–Crippen MR) is 133 cm³/mol. The molecule has 182 valence electrons. The van der Waals surface area contributed by atoms with E-state index in [0.717, 1.165) is 11.6 Å². The molecule has 0 spiro atoms. The van der Waals surface area contributed by atoms with Crippen LogP contribution in [0, 0.1) is 20.2 Å². The molecule has 11 nitrogen and oxygen atoms in total. The second-order valence-corrected chi connectivity index (χ2v) is 8.74. The molecule has 13 heteroatoms. The number of halogens is 1. The lowest BCUT2D eigenvalue weighted by molar-refractivity contribution is -0.385. The van der Waals surface area contributed by atoms with Gasteiger partial charge >= 0.3 is 0 Å². The maximum atomic E-state index is 12.7. The van der Waals surface area contributed by atoms with E-state index in [1.165, 1.54) is 36.0 Å². The summed E-state index contributed by atoms with van der Waals surface area (Å²) in [4.78, 5) is 33.7. The van der Waals surface area contributed by atoms with E-state index in [-0.39, 0.29) is 28.5 Å². The van der Waals surface area contributed by atoms with Crippen LogP contribution in [-0.4, -0.2) is 30.5 Å². The largest absolute Gasteiger partial charge is 0.345 e. The number of nitrogens with one attached hydrogen (secondary N) is 1. The number of hydrogen-bond acceptors (Lipinski definition) is 8. The van der Waals surface area contributed by atoms with E-state index in [1.807, 2.05) is 30.3 Å². The Bertz CT molecular complexity index is 1430. The van der Waals surface area contributed by atoms with Crippen LogP contribution in [0.1, 0.15) is 21.7 Å². The minimum Gasteiger partial charge on any atom is -0.345 e. The lowest BCUT2D eigenvalue weighted by Gasteiger charge is -2.11. The molecule has 36 heavy (non-hydrogen) atoms. The summed E-state index contributed by atoms with van der Waals surface area (Å²) in [5, 5.41) is 33.8. The monoisotopic (exact) mass is 524 g/mol. The number of carbonyl (C=O) groups excluding carboxylic acids is 1. The molecule has 4 rings (SSSR count). The summed E-state index contributed by atoms with van der Waals surface area (Å²) in [7, 11) is 0. The zero-order valence-electron chi connectivity index (χ0n) is 18.4. The van der Waals surface area contributed by atoms with Crippen molar-refractivity contribution in [2.75, 3.05) is 0 Å². The number of aromatic nitrogens is 3. The first-order valence-corrected chi connectivity index (χ1v) is 11.8. The maximum absolute atomic E-state index is 12.7. The highest BCUT2D eigenvalue weighted by atomic mass is 35.5. The highest BCUT2D eigenvalue weighted by Crippen LogP contribution is 2.27. The quantitative estimate of drug-likeness (QED) is 0.183. The predicted octanol–water partition coefficient (Wildman–Crippen LogP) is 4.96. The fraction of sp³-hybridized carbons (Fsp3) is 0.0870. The van der Waals surface area contributed by atoms with Crippen LogP contribution in [0.3, 0.4) is 0 Å². The molecule has 0 aliphatic carbocycles. The van der Waals surface area contributed by atoms with Gasteiger partial charge in [0.2, 0.25) is 0 Å². The van der Waals surface area contributed by atoms with Crippen LogP contribution in [0.4, 0.5) is 11.4 Å². The highest BCUT2D eigenvalue weighted by Gasteiger charge is 2.19. The minimum absolute atomic E-state index is 0.0505. The number of nitro groups is 2. The zero-order chi connectivity index (χ0) is 25.7. The van der Waals surface area contributed by atoms with Gasteiger partial charge in [-0.2, -0.15) is 0 Å². The van der Waals surface area contributed by atoms with Crippen LogP contribution in [0.25, 0.3) is 5.69 Å². The highest BCUT2D eigenvalue weighted by molar-refractivity contribution is 7.98. The Morgan fingerprint density at radius 1 is 0.972 bits per heavy atom. The van der Waals surface area contributed by atoms with Gasteiger partial charge in [-0.1, -0.05) is 53.7 Å². The third kappa shape index (κ3) is 5.67. The summed E-state index contributed by atoms with van der Waals surface area (Å²) in [6.45, 7) is -0.0505. The third-order valence-corrected chi connectivity index (χ3v) is 6.36. The lowest BCUT2D eigenvalue weighted by Crippen LogP contribution is -2.24. The van der Waals surface area contributed by atoms with E-state index in [9.17, 15) is 25.0 Å². The number of amides is 1. The standard InChI is InChI=1S/C23H17ClN6O5S/c24-19-11-6-16(12-20(19)30(34)35)22(31)25-13-21-26-27-23(36-14-15-4-2-1-3-5-15)28(21)17-7-9-18(10-8-17)29(32)33/h1-12H,13-14H2,(H,25,31). The Morgan fingerprint density at radius 3 is 2.36 bits per heavy atom. The first kappa shape index (κ1) is 24.8. The number of nitrogens with zero attached hydrogens (tertiary/aromatic N) is 5. The van der Waals surface area contributed by atoms with Crippen LogP contribution in [0.2, 0.25) is 5.02 Å². The van der Waals surface area contributed by atoms with E-state index < -0.39 is 15.8 Å². The molecular weight excluding hydrogens is 508 g/mol. The van der Waals surface area contributed by atoms with Gasteiger partial charge in [0.05, 0.1) is 16.4 Å². The van der Waals surface area contributed by atoms with Gasteiger partial charge in [0, 0.05) is 35.2 Å². The molecule has 0 fully saturated rings. The fourth-order valence-electron chi connectivity index (χ4n) is 3.27. The van der Waals surface area contributed by atoms with E-state index in [1.54, 1.807) is 16.7 Å². The van der Waals surface area contributed by atoms with Gasteiger partial charge in [-0.25, -0.2) is 0 Å². The number of rotatable bonds is 9. The van der Waals surface area contributed by atoms with E-state index in [2.05, 4.69) is 15.5 Å². The normalized spacial score (nSPS) is 10.7. The second-order valence-electron chi connectivity index (χ2n) is 7.39. The molecule has 0 bridgehead atoms. The number of carbonyl (C=O) groups is 1. The van der Waals surface area contributed by atoms with Crippen molar-refractivity contribution in [2.45, 2.75) is 17.5 Å². The molecule has 4 aromatic rings. The van der Waals surface area contributed by atoms with E-state index in [4.69, 9.17) is 11.6 Å². The van der Waals surface area contributed by atoms with Crippen molar-refractivity contribution in [3.8, 4) is 5.69 Å². The Labute approximate surface area is 213 Å². The smallest absolute Gasteiger partial charge is 0.288 e. The van der Waals surface area contributed by atoms with Gasteiger partial charge in [0.25, 0.3) is 17.3 Å². The Balaban J connectivity index is 1.59. The molecule has 1 heterocycles. The first-order chi connectivity index (χ1) is 17.3. The topological polar surface area (TPSA) is 146 Å². The van der Waals surface area contributed by atoms with Crippen LogP contribution in [0.5, 0.6) is 0 Å².